The number of hydrogen-bond acceptors (Lipinski definition) is 1. The van der Waals surface area contributed by atoms with Gasteiger partial charge in [0, 0.05) is 31.8 Å². The number of halogens is 8. The van der Waals surface area contributed by atoms with Gasteiger partial charge in [-0.3, -0.25) is 4.98 Å². The van der Waals surface area contributed by atoms with Crippen molar-refractivity contribution in [1.29, 1.82) is 0 Å². The van der Waals surface area contributed by atoms with Crippen LogP contribution in [-0.2, 0) is 6.54 Å². The lowest BCUT2D eigenvalue weighted by atomic mass is 10.1. The molecule has 176 valence electrons. The molecule has 0 N–H and O–H groups in total. The van der Waals surface area contributed by atoms with Crippen LogP contribution in [0.4, 0.5) is 34.5 Å². The second-order valence-corrected chi connectivity index (χ2v) is 11.6. The third-order valence-corrected chi connectivity index (χ3v) is 9.92. The summed E-state index contributed by atoms with van der Waals surface area (Å²) in [6.45, 7) is 8.27. The van der Waals surface area contributed by atoms with E-state index < -0.39 is 21.8 Å². The molecule has 0 aromatic carbocycles. The Morgan fingerprint density at radius 2 is 1.06 bits per heavy atom. The molecule has 2 aromatic rings. The number of pyridine rings is 2. The fourth-order valence-electron chi connectivity index (χ4n) is 2.82. The van der Waals surface area contributed by atoms with Gasteiger partial charge in [0.2, 0.25) is 0 Å². The monoisotopic (exact) mass is 476 g/mol. The zero-order valence-electron chi connectivity index (χ0n) is 17.7. The van der Waals surface area contributed by atoms with Crippen LogP contribution >= 0.6 is 7.26 Å². The van der Waals surface area contributed by atoms with Gasteiger partial charge in [-0.25, -0.2) is 4.57 Å². The van der Waals surface area contributed by atoms with Crippen molar-refractivity contribution in [3.63, 3.8) is 0 Å². The summed E-state index contributed by atoms with van der Waals surface area (Å²) in [7, 11) is -12.7. The molecule has 2 heterocycles. The predicted octanol–water partition coefficient (Wildman–Crippen LogP) is 6.71. The van der Waals surface area contributed by atoms with E-state index in [9.17, 15) is 34.5 Å². The molecule has 0 aliphatic carbocycles. The van der Waals surface area contributed by atoms with Gasteiger partial charge < -0.3 is 34.5 Å². The molecule has 0 atom stereocenters. The molecule has 0 fully saturated rings. The van der Waals surface area contributed by atoms with E-state index in [4.69, 9.17) is 0 Å². The molecule has 0 unspecified atom stereocenters. The van der Waals surface area contributed by atoms with E-state index in [2.05, 4.69) is 67.0 Å². The zero-order chi connectivity index (χ0) is 24.1. The Morgan fingerprint density at radius 3 is 1.42 bits per heavy atom. The van der Waals surface area contributed by atoms with Gasteiger partial charge in [-0.2, -0.15) is 0 Å². The molecule has 13 heteroatoms. The largest absolute Gasteiger partial charge is 0.673 e. The molecule has 0 radical (unpaired) electrons. The summed E-state index contributed by atoms with van der Waals surface area (Å²) in [5.74, 6) is 0. The molecule has 0 saturated heterocycles. The topological polar surface area (TPSA) is 16.8 Å². The van der Waals surface area contributed by atoms with Crippen molar-refractivity contribution < 1.29 is 39.1 Å². The van der Waals surface area contributed by atoms with E-state index >= 15 is 0 Å². The number of aryl methyl sites for hydroxylation is 1. The molecule has 2 rings (SSSR count). The molecule has 2 aromatic heterocycles. The second kappa shape index (κ2) is 13.7. The summed E-state index contributed by atoms with van der Waals surface area (Å²) >= 11 is 0. The molecule has 0 aliphatic heterocycles. The third kappa shape index (κ3) is 15.7. The van der Waals surface area contributed by atoms with Crippen LogP contribution in [0.25, 0.3) is 11.1 Å². The van der Waals surface area contributed by atoms with E-state index in [1.165, 1.54) is 35.8 Å². The first-order chi connectivity index (χ1) is 14.2. The fraction of sp³-hybridized carbons (Fsp3) is 0.444. The average Bonchev–Trinajstić information content (AvgIpc) is 2.68. The van der Waals surface area contributed by atoms with Gasteiger partial charge >= 0.3 is 14.5 Å². The first kappa shape index (κ1) is 29.3. The highest BCUT2D eigenvalue weighted by molar-refractivity contribution is 7.75. The minimum absolute atomic E-state index is 0.703. The van der Waals surface area contributed by atoms with Gasteiger partial charge in [0.1, 0.15) is 6.16 Å². The van der Waals surface area contributed by atoms with Gasteiger partial charge in [0.05, 0.1) is 18.5 Å². The van der Waals surface area contributed by atoms with Crippen LogP contribution in [0, 0.1) is 0 Å². The number of hydrogen-bond donors (Lipinski definition) is 0. The maximum Gasteiger partial charge on any atom is 0.673 e. The van der Waals surface area contributed by atoms with Crippen LogP contribution in [0.1, 0.15) is 20.8 Å². The highest BCUT2D eigenvalue weighted by Gasteiger charge is 2.32. The van der Waals surface area contributed by atoms with Crippen molar-refractivity contribution >= 4 is 21.8 Å². The minimum Gasteiger partial charge on any atom is -0.418 e. The molecule has 2 nitrogen and oxygen atoms in total. The molecular formula is C18H27B2F8N2P. The predicted molar refractivity (Wildman–Crippen MR) is 114 cm³/mol. The first-order valence-corrected chi connectivity index (χ1v) is 12.2. The van der Waals surface area contributed by atoms with Gasteiger partial charge in [0.15, 0.2) is 18.9 Å². The highest BCUT2D eigenvalue weighted by Crippen LogP contribution is 2.57. The lowest BCUT2D eigenvalue weighted by Crippen LogP contribution is -2.35. The molecule has 0 spiro atoms. The summed E-state index contributed by atoms with van der Waals surface area (Å²) < 4.78 is 80.3. The maximum absolute atomic E-state index is 9.75. The highest BCUT2D eigenvalue weighted by atomic mass is 31.2. The summed E-state index contributed by atoms with van der Waals surface area (Å²) in [5, 5.41) is 0. The Bertz CT molecular complexity index is 692. The van der Waals surface area contributed by atoms with Crippen molar-refractivity contribution in [1.82, 2.24) is 4.98 Å². The lowest BCUT2D eigenvalue weighted by molar-refractivity contribution is -0.692. The van der Waals surface area contributed by atoms with Crippen LogP contribution in [0.15, 0.2) is 49.1 Å². The quantitative estimate of drug-likeness (QED) is 0.188. The van der Waals surface area contributed by atoms with E-state index in [1.54, 1.807) is 0 Å². The van der Waals surface area contributed by atoms with Gasteiger partial charge in [-0.05, 0) is 44.0 Å². The number of aromatic nitrogens is 2. The van der Waals surface area contributed by atoms with Crippen LogP contribution in [0.2, 0.25) is 0 Å². The van der Waals surface area contributed by atoms with E-state index in [-0.39, 0.29) is 0 Å². The molecule has 0 amide bonds. The van der Waals surface area contributed by atoms with Crippen molar-refractivity contribution in [2.45, 2.75) is 27.3 Å². The Labute approximate surface area is 178 Å². The molecule has 0 saturated carbocycles. The summed E-state index contributed by atoms with van der Waals surface area (Å²) in [5.41, 5.74) is 2.49. The zero-order valence-corrected chi connectivity index (χ0v) is 18.6. The van der Waals surface area contributed by atoms with Crippen molar-refractivity contribution in [2.75, 3.05) is 24.6 Å². The SMILES string of the molecule is CC[P+](CC)(CC)CC[n+]1ccc(-c2ccncc2)cc1.F[B-](F)(F)F.F[B-](F)(F)F. The summed E-state index contributed by atoms with van der Waals surface area (Å²) in [4.78, 5) is 4.07. The second-order valence-electron chi connectivity index (χ2n) is 6.56. The first-order valence-electron chi connectivity index (χ1n) is 9.72. The van der Waals surface area contributed by atoms with E-state index in [0.717, 1.165) is 6.54 Å². The third-order valence-electron chi connectivity index (χ3n) is 4.75. The Morgan fingerprint density at radius 1 is 0.710 bits per heavy atom. The van der Waals surface area contributed by atoms with E-state index in [1.807, 2.05) is 12.4 Å². The maximum atomic E-state index is 9.75. The normalized spacial score (nSPS) is 11.7. The van der Waals surface area contributed by atoms with Crippen LogP contribution in [-0.4, -0.2) is 44.1 Å². The van der Waals surface area contributed by atoms with Gasteiger partial charge in [-0.1, -0.05) is 0 Å². The van der Waals surface area contributed by atoms with Crippen molar-refractivity contribution in [2.24, 2.45) is 0 Å². The van der Waals surface area contributed by atoms with Crippen LogP contribution < -0.4 is 4.57 Å². The molecule has 0 bridgehead atoms. The molecular weight excluding hydrogens is 449 g/mol. The van der Waals surface area contributed by atoms with Gasteiger partial charge in [0.25, 0.3) is 0 Å². The van der Waals surface area contributed by atoms with Crippen molar-refractivity contribution in [3.8, 4) is 11.1 Å². The van der Waals surface area contributed by atoms with Crippen molar-refractivity contribution in [3.05, 3.63) is 49.1 Å². The molecule has 0 aliphatic rings. The number of rotatable bonds is 7. The Balaban J connectivity index is 0.000000752. The van der Waals surface area contributed by atoms with Crippen LogP contribution in [0.5, 0.6) is 0 Å². The lowest BCUT2D eigenvalue weighted by Gasteiger charge is -2.21. The summed E-state index contributed by atoms with van der Waals surface area (Å²) in [6, 6.07) is 8.53. The fourth-order valence-corrected chi connectivity index (χ4v) is 5.76. The van der Waals surface area contributed by atoms with E-state index in [0.29, 0.717) is 0 Å². The summed E-state index contributed by atoms with van der Waals surface area (Å²) in [6.07, 6.45) is 13.6. The Kier molecular flexibility index (Phi) is 12.9. The smallest absolute Gasteiger partial charge is 0.418 e. The Hall–Kier alpha value is -1.70. The molecule has 31 heavy (non-hydrogen) atoms. The van der Waals surface area contributed by atoms with Gasteiger partial charge in [-0.15, -0.1) is 0 Å². The van der Waals surface area contributed by atoms with Crippen LogP contribution in [0.3, 0.4) is 0 Å². The standard InChI is InChI=1S/C18H27N2P.2BF4/c1-4-21(5-2,6-3)16-15-20-13-9-18(10-14-20)17-7-11-19-12-8-17;2*2-1(3,4)5/h7-14H,4-6,15-16H2,1-3H3;;/q+2;2*-1. The minimum atomic E-state index is -6.00. The number of nitrogens with zero attached hydrogens (tertiary/aromatic N) is 2. The average molecular weight is 476 g/mol.